The van der Waals surface area contributed by atoms with E-state index in [1.54, 1.807) is 0 Å². The van der Waals surface area contributed by atoms with Crippen molar-refractivity contribution in [1.29, 1.82) is 0 Å². The van der Waals surface area contributed by atoms with Gasteiger partial charge in [0.1, 0.15) is 0 Å². The summed E-state index contributed by atoms with van der Waals surface area (Å²) in [4.78, 5) is 22.9. The number of nitrogens with one attached hydrogen (secondary N) is 1. The van der Waals surface area contributed by atoms with Gasteiger partial charge in [-0.3, -0.25) is 14.8 Å². The van der Waals surface area contributed by atoms with Crippen molar-refractivity contribution in [2.24, 2.45) is 16.8 Å². The van der Waals surface area contributed by atoms with Crippen LogP contribution in [0.4, 0.5) is 0 Å². The Morgan fingerprint density at radius 1 is 1.48 bits per heavy atom. The van der Waals surface area contributed by atoms with Crippen molar-refractivity contribution >= 4 is 35.9 Å². The number of carbonyl (C=O) groups is 1. The summed E-state index contributed by atoms with van der Waals surface area (Å²) >= 11 is 0. The Morgan fingerprint density at radius 3 is 2.88 bits per heavy atom. The number of aliphatic imine (C=N–C) groups is 1. The largest absolute Gasteiger partial charge is 0.469 e. The van der Waals surface area contributed by atoms with Crippen molar-refractivity contribution < 1.29 is 9.53 Å². The fourth-order valence-electron chi connectivity index (χ4n) is 3.09. The highest BCUT2D eigenvalue weighted by atomic mass is 127. The van der Waals surface area contributed by atoms with E-state index in [4.69, 9.17) is 9.73 Å². The van der Waals surface area contributed by atoms with Gasteiger partial charge in [-0.1, -0.05) is 6.92 Å². The van der Waals surface area contributed by atoms with Crippen molar-refractivity contribution in [1.82, 2.24) is 15.2 Å². The number of carbonyl (C=O) groups excluding carboxylic acids is 1. The first-order valence-electron chi connectivity index (χ1n) is 8.57. The SMILES string of the molecule is CCNC(=NCCc1ccncc1C)N1CC(C)C(C(=O)OC)C1.I. The van der Waals surface area contributed by atoms with E-state index in [2.05, 4.69) is 36.0 Å². The third kappa shape index (κ3) is 5.83. The van der Waals surface area contributed by atoms with E-state index in [0.717, 1.165) is 25.5 Å². The first-order chi connectivity index (χ1) is 11.6. The minimum Gasteiger partial charge on any atom is -0.469 e. The van der Waals surface area contributed by atoms with Gasteiger partial charge in [-0.15, -0.1) is 24.0 Å². The highest BCUT2D eigenvalue weighted by Crippen LogP contribution is 2.24. The van der Waals surface area contributed by atoms with Crippen LogP contribution >= 0.6 is 24.0 Å². The number of halogens is 1. The molecule has 1 N–H and O–H groups in total. The van der Waals surface area contributed by atoms with Crippen molar-refractivity contribution in [3.8, 4) is 0 Å². The zero-order valence-corrected chi connectivity index (χ0v) is 17.8. The Kier molecular flexibility index (Phi) is 9.16. The molecule has 0 amide bonds. The molecule has 7 heteroatoms. The number of hydrogen-bond donors (Lipinski definition) is 1. The molecule has 0 spiro atoms. The quantitative estimate of drug-likeness (QED) is 0.316. The van der Waals surface area contributed by atoms with Crippen LogP contribution in [0.3, 0.4) is 0 Å². The lowest BCUT2D eigenvalue weighted by atomic mass is 9.99. The molecule has 0 aromatic carbocycles. The van der Waals surface area contributed by atoms with Crippen LogP contribution in [0.2, 0.25) is 0 Å². The lowest BCUT2D eigenvalue weighted by Gasteiger charge is -2.21. The topological polar surface area (TPSA) is 66.8 Å². The summed E-state index contributed by atoms with van der Waals surface area (Å²) in [6, 6.07) is 2.04. The summed E-state index contributed by atoms with van der Waals surface area (Å²) in [6.45, 7) is 9.21. The smallest absolute Gasteiger partial charge is 0.310 e. The monoisotopic (exact) mass is 460 g/mol. The van der Waals surface area contributed by atoms with Crippen LogP contribution in [-0.2, 0) is 16.0 Å². The maximum absolute atomic E-state index is 11.9. The second kappa shape index (κ2) is 10.6. The molecule has 6 nitrogen and oxygen atoms in total. The van der Waals surface area contributed by atoms with Gasteiger partial charge in [0.05, 0.1) is 13.0 Å². The molecule has 0 saturated carbocycles. The highest BCUT2D eigenvalue weighted by molar-refractivity contribution is 14.0. The van der Waals surface area contributed by atoms with E-state index in [-0.39, 0.29) is 41.8 Å². The molecule has 25 heavy (non-hydrogen) atoms. The number of esters is 1. The summed E-state index contributed by atoms with van der Waals surface area (Å²) in [6.07, 6.45) is 4.58. The fourth-order valence-corrected chi connectivity index (χ4v) is 3.09. The van der Waals surface area contributed by atoms with Crippen LogP contribution in [0.15, 0.2) is 23.5 Å². The molecule has 2 atom stereocenters. The lowest BCUT2D eigenvalue weighted by molar-refractivity contribution is -0.145. The van der Waals surface area contributed by atoms with E-state index in [9.17, 15) is 4.79 Å². The van der Waals surface area contributed by atoms with Gasteiger partial charge in [-0.2, -0.15) is 0 Å². The summed E-state index contributed by atoms with van der Waals surface area (Å²) in [7, 11) is 1.45. The number of methoxy groups -OCH3 is 1. The normalized spacial score (nSPS) is 20.2. The Morgan fingerprint density at radius 2 is 2.24 bits per heavy atom. The summed E-state index contributed by atoms with van der Waals surface area (Å²) in [5, 5.41) is 3.33. The Hall–Kier alpha value is -1.38. The van der Waals surface area contributed by atoms with E-state index in [1.807, 2.05) is 18.5 Å². The van der Waals surface area contributed by atoms with Crippen molar-refractivity contribution in [3.05, 3.63) is 29.6 Å². The Labute approximate surface area is 167 Å². The number of nitrogens with zero attached hydrogens (tertiary/aromatic N) is 3. The van der Waals surface area contributed by atoms with Gasteiger partial charge in [0, 0.05) is 38.6 Å². The molecular formula is C18H29IN4O2. The molecule has 1 saturated heterocycles. The zero-order valence-electron chi connectivity index (χ0n) is 15.5. The van der Waals surface area contributed by atoms with Gasteiger partial charge < -0.3 is 15.0 Å². The van der Waals surface area contributed by atoms with Gasteiger partial charge in [0.25, 0.3) is 0 Å². The van der Waals surface area contributed by atoms with Crippen molar-refractivity contribution in [2.45, 2.75) is 27.2 Å². The number of ether oxygens (including phenoxy) is 1. The lowest BCUT2D eigenvalue weighted by Crippen LogP contribution is -2.40. The number of likely N-dealkylation sites (tertiary alicyclic amines) is 1. The third-order valence-corrected chi connectivity index (χ3v) is 4.53. The summed E-state index contributed by atoms with van der Waals surface area (Å²) in [5.74, 6) is 0.931. The number of rotatable bonds is 5. The average Bonchev–Trinajstić information content (AvgIpc) is 2.96. The van der Waals surface area contributed by atoms with Gasteiger partial charge in [-0.25, -0.2) is 0 Å². The zero-order chi connectivity index (χ0) is 17.5. The fraction of sp³-hybridized carbons (Fsp3) is 0.611. The molecule has 140 valence electrons. The van der Waals surface area contributed by atoms with Crippen molar-refractivity contribution in [3.63, 3.8) is 0 Å². The molecule has 1 fully saturated rings. The molecule has 1 aromatic heterocycles. The van der Waals surface area contributed by atoms with Crippen LogP contribution in [0.25, 0.3) is 0 Å². The van der Waals surface area contributed by atoms with E-state index < -0.39 is 0 Å². The second-order valence-electron chi connectivity index (χ2n) is 6.30. The van der Waals surface area contributed by atoms with Crippen LogP contribution in [-0.4, -0.2) is 55.1 Å². The van der Waals surface area contributed by atoms with Crippen LogP contribution in [0.1, 0.15) is 25.0 Å². The molecule has 1 aliphatic heterocycles. The number of aromatic nitrogens is 1. The predicted octanol–water partition coefficient (Wildman–Crippen LogP) is 2.26. The number of pyridine rings is 1. The second-order valence-corrected chi connectivity index (χ2v) is 6.30. The molecule has 2 unspecified atom stereocenters. The van der Waals surface area contributed by atoms with Gasteiger partial charge >= 0.3 is 5.97 Å². The number of aryl methyl sites for hydroxylation is 1. The highest BCUT2D eigenvalue weighted by Gasteiger charge is 2.36. The number of hydrogen-bond acceptors (Lipinski definition) is 4. The predicted molar refractivity (Wildman–Crippen MR) is 110 cm³/mol. The van der Waals surface area contributed by atoms with Gasteiger partial charge in [0.15, 0.2) is 5.96 Å². The molecule has 0 aliphatic carbocycles. The third-order valence-electron chi connectivity index (χ3n) is 4.53. The Bertz CT molecular complexity index is 594. The minimum atomic E-state index is -0.131. The van der Waals surface area contributed by atoms with Gasteiger partial charge in [0.2, 0.25) is 0 Å². The molecule has 0 radical (unpaired) electrons. The van der Waals surface area contributed by atoms with Crippen molar-refractivity contribution in [2.75, 3.05) is 33.3 Å². The minimum absolute atomic E-state index is 0. The first-order valence-corrected chi connectivity index (χ1v) is 8.57. The molecule has 2 rings (SSSR count). The molecular weight excluding hydrogens is 431 g/mol. The van der Waals surface area contributed by atoms with E-state index >= 15 is 0 Å². The van der Waals surface area contributed by atoms with Crippen LogP contribution in [0.5, 0.6) is 0 Å². The first kappa shape index (κ1) is 21.7. The van der Waals surface area contributed by atoms with Crippen LogP contribution in [0, 0.1) is 18.8 Å². The molecule has 0 bridgehead atoms. The Balaban J connectivity index is 0.00000312. The molecule has 1 aromatic rings. The maximum atomic E-state index is 11.9. The number of guanidine groups is 1. The van der Waals surface area contributed by atoms with E-state index in [0.29, 0.717) is 13.1 Å². The van der Waals surface area contributed by atoms with Gasteiger partial charge in [-0.05, 0) is 43.4 Å². The molecule has 2 heterocycles. The van der Waals surface area contributed by atoms with Crippen LogP contribution < -0.4 is 5.32 Å². The molecule has 1 aliphatic rings. The van der Waals surface area contributed by atoms with E-state index in [1.165, 1.54) is 18.2 Å². The average molecular weight is 460 g/mol. The summed E-state index contributed by atoms with van der Waals surface area (Å²) in [5.41, 5.74) is 2.46. The summed E-state index contributed by atoms with van der Waals surface area (Å²) < 4.78 is 4.91. The standard InChI is InChI=1S/C18H28N4O2.HI/c1-5-20-18(21-9-7-15-6-8-19-10-13(15)2)22-11-14(3)16(12-22)17(23)24-4;/h6,8,10,14,16H,5,7,9,11-12H2,1-4H3,(H,20,21);1H. The maximum Gasteiger partial charge on any atom is 0.310 e.